The van der Waals surface area contributed by atoms with Crippen molar-refractivity contribution < 1.29 is 9.50 Å². The minimum Gasteiger partial charge on any atom is -0.392 e. The summed E-state index contributed by atoms with van der Waals surface area (Å²) < 4.78 is 14.0. The molecule has 1 aliphatic carbocycles. The highest BCUT2D eigenvalue weighted by Gasteiger charge is 2.45. The normalized spacial score (nSPS) is 31.1. The zero-order valence-electron chi connectivity index (χ0n) is 10.8. The lowest BCUT2D eigenvalue weighted by molar-refractivity contribution is 0.0406. The van der Waals surface area contributed by atoms with Gasteiger partial charge in [-0.15, -0.1) is 0 Å². The van der Waals surface area contributed by atoms with E-state index in [4.69, 9.17) is 11.6 Å². The maximum Gasteiger partial charge on any atom is 0.167 e. The minimum absolute atomic E-state index is 0.0635. The fourth-order valence-corrected chi connectivity index (χ4v) is 3.72. The molecule has 2 fully saturated rings. The van der Waals surface area contributed by atoms with Gasteiger partial charge in [0.25, 0.3) is 0 Å². The van der Waals surface area contributed by atoms with Crippen LogP contribution in [-0.2, 0) is 0 Å². The van der Waals surface area contributed by atoms with Gasteiger partial charge in [-0.25, -0.2) is 9.37 Å². The Hall–Kier alpha value is -0.870. The van der Waals surface area contributed by atoms with Crippen molar-refractivity contribution in [1.82, 2.24) is 4.98 Å². The molecule has 1 saturated heterocycles. The molecular weight excluding hydrogens is 267 g/mol. The van der Waals surface area contributed by atoms with Crippen molar-refractivity contribution >= 4 is 17.4 Å². The van der Waals surface area contributed by atoms with Crippen molar-refractivity contribution in [2.24, 2.45) is 5.41 Å². The molecule has 0 bridgehead atoms. The third kappa shape index (κ3) is 2.32. The number of hydrogen-bond acceptors (Lipinski definition) is 3. The summed E-state index contributed by atoms with van der Waals surface area (Å²) in [4.78, 5) is 6.08. The van der Waals surface area contributed by atoms with Gasteiger partial charge in [0.2, 0.25) is 0 Å². The highest BCUT2D eigenvalue weighted by molar-refractivity contribution is 6.30. The Morgan fingerprint density at radius 2 is 2.21 bits per heavy atom. The van der Waals surface area contributed by atoms with Crippen LogP contribution in [0, 0.1) is 11.2 Å². The summed E-state index contributed by atoms with van der Waals surface area (Å²) in [5.74, 6) is -0.0142. The Kier molecular flexibility index (Phi) is 3.39. The first-order valence-corrected chi connectivity index (χ1v) is 7.23. The molecular formula is C14H18ClFN2O. The van der Waals surface area contributed by atoms with Crippen molar-refractivity contribution in [1.29, 1.82) is 0 Å². The van der Waals surface area contributed by atoms with Gasteiger partial charge in [-0.3, -0.25) is 0 Å². The highest BCUT2D eigenvalue weighted by atomic mass is 35.5. The van der Waals surface area contributed by atoms with Gasteiger partial charge in [0, 0.05) is 24.7 Å². The van der Waals surface area contributed by atoms with Crippen molar-refractivity contribution in [3.63, 3.8) is 0 Å². The van der Waals surface area contributed by atoms with Gasteiger partial charge in [0.1, 0.15) is 0 Å². The summed E-state index contributed by atoms with van der Waals surface area (Å²) >= 11 is 5.74. The Morgan fingerprint density at radius 1 is 1.42 bits per heavy atom. The van der Waals surface area contributed by atoms with E-state index in [1.807, 2.05) is 4.90 Å². The number of aromatic nitrogens is 1. The Morgan fingerprint density at radius 3 is 2.89 bits per heavy atom. The van der Waals surface area contributed by atoms with E-state index in [0.717, 1.165) is 38.6 Å². The second kappa shape index (κ2) is 4.91. The predicted octanol–water partition coefficient (Wildman–Crippen LogP) is 3.01. The number of nitrogens with zero attached hydrogens (tertiary/aromatic N) is 2. The van der Waals surface area contributed by atoms with E-state index in [2.05, 4.69) is 4.98 Å². The van der Waals surface area contributed by atoms with E-state index in [1.165, 1.54) is 12.3 Å². The maximum absolute atomic E-state index is 14.0. The number of aliphatic hydroxyl groups excluding tert-OH is 1. The second-order valence-corrected chi connectivity index (χ2v) is 6.19. The maximum atomic E-state index is 14.0. The summed E-state index contributed by atoms with van der Waals surface area (Å²) in [6.45, 7) is 1.49. The number of hydrogen-bond donors (Lipinski definition) is 1. The fraction of sp³-hybridized carbons (Fsp3) is 0.643. The molecule has 1 aromatic rings. The standard InChI is InChI=1S/C14H18ClFN2O/c15-10-7-11(16)13(17-8-10)18-6-2-5-14(9-18)4-1-3-12(14)19/h7-8,12,19H,1-6,9H2/t12-,14+/m1/s1. The van der Waals surface area contributed by atoms with Gasteiger partial charge in [-0.2, -0.15) is 0 Å². The SMILES string of the molecule is O[C@@H]1CCC[C@@]12CCCN(c1ncc(Cl)cc1F)C2. The lowest BCUT2D eigenvalue weighted by Gasteiger charge is -2.43. The van der Waals surface area contributed by atoms with Crippen molar-refractivity contribution in [2.45, 2.75) is 38.2 Å². The molecule has 0 aromatic carbocycles. The molecule has 2 atom stereocenters. The number of anilines is 1. The van der Waals surface area contributed by atoms with Crippen LogP contribution in [0.15, 0.2) is 12.3 Å². The molecule has 2 aliphatic rings. The molecule has 1 N–H and O–H groups in total. The molecule has 3 nitrogen and oxygen atoms in total. The Bertz CT molecular complexity index is 485. The van der Waals surface area contributed by atoms with Crippen LogP contribution >= 0.6 is 11.6 Å². The molecule has 1 saturated carbocycles. The third-order valence-corrected chi connectivity index (χ3v) is 4.76. The van der Waals surface area contributed by atoms with Crippen LogP contribution < -0.4 is 4.90 Å². The second-order valence-electron chi connectivity index (χ2n) is 5.75. The molecule has 1 spiro atoms. The van der Waals surface area contributed by atoms with Crippen molar-refractivity contribution in [3.8, 4) is 0 Å². The number of rotatable bonds is 1. The molecule has 0 unspecified atom stereocenters. The van der Waals surface area contributed by atoms with E-state index >= 15 is 0 Å². The van der Waals surface area contributed by atoms with Crippen LogP contribution in [-0.4, -0.2) is 29.3 Å². The van der Waals surface area contributed by atoms with Gasteiger partial charge in [-0.05, 0) is 31.7 Å². The molecule has 0 radical (unpaired) electrons. The van der Waals surface area contributed by atoms with Crippen LogP contribution in [0.2, 0.25) is 5.02 Å². The topological polar surface area (TPSA) is 36.4 Å². The van der Waals surface area contributed by atoms with Crippen LogP contribution in [0.3, 0.4) is 0 Å². The zero-order valence-corrected chi connectivity index (χ0v) is 11.5. The van der Waals surface area contributed by atoms with Gasteiger partial charge in [0.15, 0.2) is 11.6 Å². The first-order valence-electron chi connectivity index (χ1n) is 6.85. The number of piperidine rings is 1. The first kappa shape index (κ1) is 13.1. The smallest absolute Gasteiger partial charge is 0.167 e. The molecule has 104 valence electrons. The molecule has 1 aromatic heterocycles. The molecule has 5 heteroatoms. The largest absolute Gasteiger partial charge is 0.392 e. The van der Waals surface area contributed by atoms with E-state index < -0.39 is 0 Å². The monoisotopic (exact) mass is 284 g/mol. The Labute approximate surface area is 117 Å². The summed E-state index contributed by atoms with van der Waals surface area (Å²) in [5.41, 5.74) is -0.0635. The zero-order chi connectivity index (χ0) is 13.5. The average molecular weight is 285 g/mol. The summed E-state index contributed by atoms with van der Waals surface area (Å²) in [6.07, 6.45) is 6.17. The fourth-order valence-electron chi connectivity index (χ4n) is 3.58. The van der Waals surface area contributed by atoms with Crippen LogP contribution in [0.4, 0.5) is 10.2 Å². The van der Waals surface area contributed by atoms with Gasteiger partial charge in [-0.1, -0.05) is 18.0 Å². The predicted molar refractivity (Wildman–Crippen MR) is 72.9 cm³/mol. The first-order chi connectivity index (χ1) is 9.11. The van der Waals surface area contributed by atoms with Gasteiger partial charge in [0.05, 0.1) is 11.1 Å². The number of aliphatic hydroxyl groups is 1. The van der Waals surface area contributed by atoms with E-state index in [1.54, 1.807) is 0 Å². The highest BCUT2D eigenvalue weighted by Crippen LogP contribution is 2.45. The van der Waals surface area contributed by atoms with Crippen LogP contribution in [0.1, 0.15) is 32.1 Å². The summed E-state index contributed by atoms with van der Waals surface area (Å²) in [7, 11) is 0. The number of pyridine rings is 1. The van der Waals surface area contributed by atoms with Crippen LogP contribution in [0.25, 0.3) is 0 Å². The third-order valence-electron chi connectivity index (χ3n) is 4.56. The molecule has 19 heavy (non-hydrogen) atoms. The summed E-state index contributed by atoms with van der Waals surface area (Å²) in [6, 6.07) is 1.30. The lowest BCUT2D eigenvalue weighted by Crippen LogP contribution is -2.47. The minimum atomic E-state index is -0.378. The molecule has 1 aliphatic heterocycles. The van der Waals surface area contributed by atoms with Gasteiger partial charge < -0.3 is 10.0 Å². The van der Waals surface area contributed by atoms with Crippen molar-refractivity contribution in [2.75, 3.05) is 18.0 Å². The quantitative estimate of drug-likeness (QED) is 0.861. The summed E-state index contributed by atoms with van der Waals surface area (Å²) in [5, 5.41) is 10.5. The lowest BCUT2D eigenvalue weighted by atomic mass is 9.76. The van der Waals surface area contributed by atoms with E-state index in [9.17, 15) is 9.50 Å². The molecule has 2 heterocycles. The average Bonchev–Trinajstić information content (AvgIpc) is 2.70. The van der Waals surface area contributed by atoms with E-state index in [-0.39, 0.29) is 17.3 Å². The van der Waals surface area contributed by atoms with Crippen LogP contribution in [0.5, 0.6) is 0 Å². The Balaban J connectivity index is 1.85. The number of halogens is 2. The molecule has 0 amide bonds. The van der Waals surface area contributed by atoms with Gasteiger partial charge >= 0.3 is 0 Å². The van der Waals surface area contributed by atoms with E-state index in [0.29, 0.717) is 17.4 Å². The van der Waals surface area contributed by atoms with Crippen molar-refractivity contribution in [3.05, 3.63) is 23.1 Å². The molecule has 3 rings (SSSR count).